The Morgan fingerprint density at radius 3 is 0.479 bits per heavy atom. The Hall–Kier alpha value is -3.33. The van der Waals surface area contributed by atoms with E-state index in [1.54, 1.807) is 0 Å². The molecule has 0 spiro atoms. The molecule has 0 saturated carbocycles. The van der Waals surface area contributed by atoms with Gasteiger partial charge in [-0.3, -0.25) is 0 Å². The van der Waals surface area contributed by atoms with E-state index in [2.05, 4.69) is 41.5 Å². The third kappa shape index (κ3) is 30.0. The van der Waals surface area contributed by atoms with E-state index in [4.69, 9.17) is 4.17 Å². The molecule has 0 aromatic heterocycles. The van der Waals surface area contributed by atoms with Gasteiger partial charge in [-0.25, -0.2) is 52.7 Å². The predicted molar refractivity (Wildman–Crippen MR) is 383 cm³/mol. The van der Waals surface area contributed by atoms with Crippen LogP contribution in [0, 0.1) is 69.8 Å². The highest BCUT2D eigenvalue weighted by Gasteiger charge is 2.38. The average Bonchev–Trinajstić information content (AvgIpc) is 0.723. The SMILES string of the molecule is CCCCCCCCCP(CCCCCCCCC)(CCCCCCCCC)=[N+]=P(CCCCCCCCC)(CCCCCCCCC)CCCCCCCCC.Fc1cc([B-](c2cc(F)c(F)c(F)c2)(c2cc(F)c(F)c(F)c2)c2cc(F)c(F)c(F)c2)cc(F)c1F. The first kappa shape index (κ1) is 84.9. The molecule has 4 aromatic carbocycles. The molecule has 0 aliphatic carbocycles. The zero-order chi connectivity index (χ0) is 69.0. The highest BCUT2D eigenvalue weighted by molar-refractivity contribution is 7.73. The summed E-state index contributed by atoms with van der Waals surface area (Å²) in [6.07, 6.45) is 66.2. The maximum atomic E-state index is 14.4. The lowest BCUT2D eigenvalue weighted by atomic mass is 9.13. The molecule has 94 heavy (non-hydrogen) atoms. The summed E-state index contributed by atoms with van der Waals surface area (Å²) in [5.74, 6) is -24.0. The van der Waals surface area contributed by atoms with Crippen LogP contribution in [0.4, 0.5) is 52.7 Å². The van der Waals surface area contributed by atoms with Gasteiger partial charge in [0.2, 0.25) is 14.1 Å². The molecule has 0 atom stereocenters. The van der Waals surface area contributed by atoms with Crippen molar-refractivity contribution >= 4 is 42.1 Å². The van der Waals surface area contributed by atoms with Crippen LogP contribution in [0.5, 0.6) is 0 Å². The topological polar surface area (TPSA) is 14.1 Å². The highest BCUT2D eigenvalue weighted by atomic mass is 31.2. The number of nitrogens with zero attached hydrogens (tertiary/aromatic N) is 1. The Morgan fingerprint density at radius 2 is 0.340 bits per heavy atom. The van der Waals surface area contributed by atoms with Gasteiger partial charge < -0.3 is 0 Å². The number of hydrogen-bond acceptors (Lipinski definition) is 0. The molecule has 4 aromatic rings. The molecule has 4 rings (SSSR count). The van der Waals surface area contributed by atoms with Gasteiger partial charge in [0.15, 0.2) is 69.8 Å². The number of hydrogen-bond donors (Lipinski definition) is 0. The van der Waals surface area contributed by atoms with Gasteiger partial charge in [0.1, 0.15) is 6.15 Å². The van der Waals surface area contributed by atoms with Gasteiger partial charge in [-0.15, -0.1) is 0 Å². The van der Waals surface area contributed by atoms with E-state index in [0.29, 0.717) is 0 Å². The molecule has 0 heterocycles. The van der Waals surface area contributed by atoms with Crippen molar-refractivity contribution in [1.82, 2.24) is 4.17 Å². The lowest BCUT2D eigenvalue weighted by molar-refractivity contribution is 0.447. The van der Waals surface area contributed by atoms with Crippen LogP contribution in [-0.4, -0.2) is 43.1 Å². The first-order valence-corrected chi connectivity index (χ1v) is 42.2. The fourth-order valence-electron chi connectivity index (χ4n) is 14.0. The molecular formula is C78H122BF12NP2. The number of rotatable bonds is 52. The van der Waals surface area contributed by atoms with E-state index in [1.165, 1.54) is 307 Å². The van der Waals surface area contributed by atoms with Crippen molar-refractivity contribution in [2.75, 3.05) is 37.0 Å². The molecule has 0 aliphatic rings. The van der Waals surface area contributed by atoms with E-state index in [-0.39, 0.29) is 48.5 Å². The van der Waals surface area contributed by atoms with E-state index < -0.39 is 112 Å². The lowest BCUT2D eigenvalue weighted by Crippen LogP contribution is -2.75. The van der Waals surface area contributed by atoms with Gasteiger partial charge in [-0.05, 0) is 38.5 Å². The second-order valence-electron chi connectivity index (χ2n) is 27.4. The molecule has 0 bridgehead atoms. The molecule has 0 aliphatic heterocycles. The van der Waals surface area contributed by atoms with Crippen molar-refractivity contribution in [3.8, 4) is 0 Å². The van der Waals surface area contributed by atoms with Gasteiger partial charge in [0.25, 0.3) is 0 Å². The molecule has 0 unspecified atom stereocenters. The molecule has 0 fully saturated rings. The standard InChI is InChI=1S/C54H114NP2.C24H8BF12/c1-7-13-19-25-31-37-43-49-56(50-44-38-32-26-20-14-8-2,51-45-39-33-27-21-15-9-3)55-57(52-46-40-34-28-22-16-10-4,53-47-41-35-29-23-17-11-5)54-48-42-36-30-24-18-12-6;26-13-1-9(2-14(27)21(13)34)25(10-3-15(28)22(35)16(29)4-10,11-5-17(30)23(36)18(31)6-11)12-7-19(32)24(37)20(33)8-12/h7-54H2,1-6H3;1-8H/q+1;-1. The average molecular weight is 1370 g/mol. The van der Waals surface area contributed by atoms with Crippen LogP contribution in [0.2, 0.25) is 0 Å². The van der Waals surface area contributed by atoms with Gasteiger partial charge >= 0.3 is 0 Å². The molecule has 536 valence electrons. The smallest absolute Gasteiger partial charge is 0.204 e. The summed E-state index contributed by atoms with van der Waals surface area (Å²) in [5, 5.41) is 0. The zero-order valence-corrected chi connectivity index (χ0v) is 60.8. The third-order valence-electron chi connectivity index (χ3n) is 19.5. The fraction of sp³-hybridized carbons (Fsp3) is 0.692. The van der Waals surface area contributed by atoms with Crippen LogP contribution in [0.15, 0.2) is 48.5 Å². The third-order valence-corrected chi connectivity index (χ3v) is 29.4. The minimum absolute atomic E-state index is 0.177. The Kier molecular flexibility index (Phi) is 44.5. The Labute approximate surface area is 562 Å². The summed E-state index contributed by atoms with van der Waals surface area (Å²) in [4.78, 5) is 0. The van der Waals surface area contributed by atoms with Crippen LogP contribution in [-0.2, 0) is 0 Å². The van der Waals surface area contributed by atoms with Crippen LogP contribution < -0.4 is 26.0 Å². The van der Waals surface area contributed by atoms with Gasteiger partial charge in [0, 0.05) is 37.0 Å². The van der Waals surface area contributed by atoms with Crippen molar-refractivity contribution in [1.29, 1.82) is 0 Å². The van der Waals surface area contributed by atoms with Gasteiger partial charge in [-0.1, -0.05) is 321 Å². The van der Waals surface area contributed by atoms with E-state index in [9.17, 15) is 52.7 Å². The molecule has 0 saturated heterocycles. The predicted octanol–water partition coefficient (Wildman–Crippen LogP) is 25.7. The van der Waals surface area contributed by atoms with E-state index in [1.807, 2.05) is 0 Å². The number of halogens is 12. The van der Waals surface area contributed by atoms with Gasteiger partial charge in [0.05, 0.1) is 0 Å². The van der Waals surface area contributed by atoms with Crippen molar-refractivity contribution in [2.24, 2.45) is 0 Å². The van der Waals surface area contributed by atoms with E-state index in [0.717, 1.165) is 0 Å². The first-order valence-electron chi connectivity index (χ1n) is 37.6. The Bertz CT molecular complexity index is 2340. The van der Waals surface area contributed by atoms with Crippen molar-refractivity contribution in [2.45, 2.75) is 311 Å². The summed E-state index contributed by atoms with van der Waals surface area (Å²) in [7, 11) is -2.68. The quantitative estimate of drug-likeness (QED) is 0.0104. The second kappa shape index (κ2) is 49.2. The minimum Gasteiger partial charge on any atom is -0.204 e. The van der Waals surface area contributed by atoms with Gasteiger partial charge in [-0.2, -0.15) is 26.0 Å². The number of benzene rings is 4. The molecule has 0 amide bonds. The van der Waals surface area contributed by atoms with Crippen LogP contribution >= 0.6 is 14.1 Å². The Morgan fingerprint density at radius 1 is 0.213 bits per heavy atom. The molecule has 16 heteroatoms. The molecular weight excluding hydrogens is 1250 g/mol. The summed E-state index contributed by atoms with van der Waals surface area (Å²) < 4.78 is 177. The fourth-order valence-corrected chi connectivity index (χ4v) is 25.6. The first-order chi connectivity index (χ1) is 45.4. The molecule has 0 radical (unpaired) electrons. The maximum absolute atomic E-state index is 14.4. The summed E-state index contributed by atoms with van der Waals surface area (Å²) in [5.41, 5.74) is -3.79. The van der Waals surface area contributed by atoms with Crippen LogP contribution in [0.1, 0.15) is 311 Å². The molecule has 0 N–H and O–H groups in total. The highest BCUT2D eigenvalue weighted by Crippen LogP contribution is 2.56. The summed E-state index contributed by atoms with van der Waals surface area (Å²) >= 11 is 0. The zero-order valence-electron chi connectivity index (χ0n) is 59.0. The van der Waals surface area contributed by atoms with Crippen LogP contribution in [0.3, 0.4) is 0 Å². The van der Waals surface area contributed by atoms with E-state index >= 15 is 0 Å². The molecule has 1 nitrogen and oxygen atoms in total. The summed E-state index contributed by atoms with van der Waals surface area (Å²) in [6.45, 7) is 14.2. The van der Waals surface area contributed by atoms with Crippen molar-refractivity contribution in [3.63, 3.8) is 0 Å². The van der Waals surface area contributed by atoms with Crippen LogP contribution in [0.25, 0.3) is 0 Å². The monoisotopic (exact) mass is 1370 g/mol. The largest absolute Gasteiger partial charge is 0.216 e. The minimum atomic E-state index is -4.01. The van der Waals surface area contributed by atoms with Crippen molar-refractivity contribution < 1.29 is 52.7 Å². The summed E-state index contributed by atoms with van der Waals surface area (Å²) in [6, 6.07) is 1.41. The maximum Gasteiger partial charge on any atom is 0.216 e. The lowest BCUT2D eigenvalue weighted by Gasteiger charge is -2.44. The normalized spacial score (nSPS) is 12.0. The number of unbranched alkanes of at least 4 members (excludes halogenated alkanes) is 36. The Balaban J connectivity index is 0.000000532. The van der Waals surface area contributed by atoms with Crippen molar-refractivity contribution in [3.05, 3.63) is 118 Å². The second-order valence-corrected chi connectivity index (χ2v) is 35.2.